The van der Waals surface area contributed by atoms with Crippen molar-refractivity contribution in [3.63, 3.8) is 0 Å². The summed E-state index contributed by atoms with van der Waals surface area (Å²) in [6.07, 6.45) is 3.18. The first-order chi connectivity index (χ1) is 23.7. The summed E-state index contributed by atoms with van der Waals surface area (Å²) in [5.41, 5.74) is -4.13. The maximum absolute atomic E-state index is 14.8. The third-order valence-corrected chi connectivity index (χ3v) is 11.7. The molecule has 0 aromatic heterocycles. The van der Waals surface area contributed by atoms with Crippen molar-refractivity contribution in [3.8, 4) is 5.75 Å². The molecule has 3 aliphatic rings. The van der Waals surface area contributed by atoms with Crippen molar-refractivity contribution in [1.82, 2.24) is 0 Å². The first-order valence-corrected chi connectivity index (χ1v) is 17.9. The third kappa shape index (κ3) is 6.62. The number of ether oxygens (including phenoxy) is 2. The van der Waals surface area contributed by atoms with Crippen molar-refractivity contribution in [2.75, 3.05) is 14.2 Å². The second-order valence-corrected chi connectivity index (χ2v) is 16.0. The largest absolute Gasteiger partial charge is 0.511 e. The van der Waals surface area contributed by atoms with Crippen LogP contribution in [0.1, 0.15) is 126 Å². The first-order valence-electron chi connectivity index (χ1n) is 17.9. The number of carbonyl (C=O) groups is 5. The van der Waals surface area contributed by atoms with Crippen molar-refractivity contribution < 1.29 is 53.9 Å². The van der Waals surface area contributed by atoms with Gasteiger partial charge in [0.1, 0.15) is 22.8 Å². The molecule has 3 aliphatic carbocycles. The fourth-order valence-corrected chi connectivity index (χ4v) is 9.49. The van der Waals surface area contributed by atoms with E-state index in [9.17, 15) is 44.4 Å². The van der Waals surface area contributed by atoms with Gasteiger partial charge < -0.3 is 29.9 Å². The maximum Gasteiger partial charge on any atom is 0.305 e. The van der Waals surface area contributed by atoms with Crippen molar-refractivity contribution in [3.05, 3.63) is 51.0 Å². The van der Waals surface area contributed by atoms with E-state index in [1.807, 2.05) is 19.9 Å². The minimum absolute atomic E-state index is 0.000789. The average Bonchev–Trinajstić information content (AvgIpc) is 3.02. The van der Waals surface area contributed by atoms with Crippen LogP contribution in [-0.2, 0) is 41.5 Å². The van der Waals surface area contributed by atoms with E-state index in [0.717, 1.165) is 12.5 Å². The molecule has 4 rings (SSSR count). The minimum Gasteiger partial charge on any atom is -0.511 e. The molecule has 1 unspecified atom stereocenters. The standard InChI is InChI=1S/C40H54O11/c1-20(2)25-17-24(16-23(12-10-14-27(42)50-8)13-11-15-28(43)51-9)33(44)30-26(25)18-38(6)19-39(7)31(21(3)4)34(45)29(22(5)41)36(47)40(39,49)37(48)32(38)35(30)46/h17,20-21,23,31,44-45,48-49H,10-16,18-19H2,1-9H3/t31?,38-,39-,40+/m1/s1. The molecule has 280 valence electrons. The monoisotopic (exact) mass is 710 g/mol. The number of methoxy groups -OCH3 is 2. The number of esters is 2. The molecule has 0 bridgehead atoms. The zero-order chi connectivity index (χ0) is 38.4. The smallest absolute Gasteiger partial charge is 0.305 e. The number of aliphatic hydroxyl groups excluding tert-OH is 2. The van der Waals surface area contributed by atoms with Crippen LogP contribution in [0.5, 0.6) is 5.75 Å². The Morgan fingerprint density at radius 2 is 1.49 bits per heavy atom. The zero-order valence-electron chi connectivity index (χ0n) is 31.4. The van der Waals surface area contributed by atoms with Gasteiger partial charge in [0.2, 0.25) is 5.78 Å². The fraction of sp³-hybridized carbons (Fsp3) is 0.625. The number of aliphatic hydroxyl groups is 3. The number of allylic oxidation sites excluding steroid dienone is 2. The number of ketones is 3. The second kappa shape index (κ2) is 14.6. The van der Waals surface area contributed by atoms with E-state index in [1.54, 1.807) is 27.7 Å². The zero-order valence-corrected chi connectivity index (χ0v) is 31.4. The Morgan fingerprint density at radius 3 is 1.96 bits per heavy atom. The van der Waals surface area contributed by atoms with Gasteiger partial charge in [0.15, 0.2) is 17.2 Å². The molecule has 0 heterocycles. The number of hydrogen-bond acceptors (Lipinski definition) is 11. The van der Waals surface area contributed by atoms with E-state index in [2.05, 4.69) is 0 Å². The molecule has 11 heteroatoms. The number of carbonyl (C=O) groups excluding carboxylic acids is 5. The van der Waals surface area contributed by atoms with E-state index in [4.69, 9.17) is 9.47 Å². The average molecular weight is 711 g/mol. The summed E-state index contributed by atoms with van der Waals surface area (Å²) in [7, 11) is 2.65. The summed E-state index contributed by atoms with van der Waals surface area (Å²) >= 11 is 0. The Kier molecular flexibility index (Phi) is 11.4. The van der Waals surface area contributed by atoms with Crippen molar-refractivity contribution >= 4 is 29.3 Å². The molecule has 0 saturated carbocycles. The highest BCUT2D eigenvalue weighted by Crippen LogP contribution is 2.65. The number of Topliss-reactive ketones (excluding diaryl/α,β-unsaturated/α-hetero) is 3. The molecule has 4 atom stereocenters. The van der Waals surface area contributed by atoms with E-state index < -0.39 is 56.8 Å². The summed E-state index contributed by atoms with van der Waals surface area (Å²) in [6, 6.07) is 1.91. The quantitative estimate of drug-likeness (QED) is 0.133. The van der Waals surface area contributed by atoms with Crippen molar-refractivity contribution in [2.45, 2.75) is 118 Å². The Hall–Kier alpha value is -3.99. The number of benzene rings is 1. The van der Waals surface area contributed by atoms with Gasteiger partial charge in [-0.25, -0.2) is 0 Å². The van der Waals surface area contributed by atoms with E-state index >= 15 is 0 Å². The summed E-state index contributed by atoms with van der Waals surface area (Å²) in [4.78, 5) is 65.2. The second-order valence-electron chi connectivity index (χ2n) is 16.0. The van der Waals surface area contributed by atoms with Gasteiger partial charge in [-0.3, -0.25) is 24.0 Å². The predicted molar refractivity (Wildman–Crippen MR) is 188 cm³/mol. The Balaban J connectivity index is 1.88. The normalized spacial score (nSPS) is 26.0. The van der Waals surface area contributed by atoms with E-state index in [-0.39, 0.29) is 72.3 Å². The third-order valence-electron chi connectivity index (χ3n) is 11.7. The van der Waals surface area contributed by atoms with Crippen molar-refractivity contribution in [1.29, 1.82) is 0 Å². The molecule has 0 fully saturated rings. The molecule has 0 spiro atoms. The highest BCUT2D eigenvalue weighted by Gasteiger charge is 2.71. The van der Waals surface area contributed by atoms with Gasteiger partial charge in [-0.05, 0) is 86.3 Å². The summed E-state index contributed by atoms with van der Waals surface area (Å²) in [6.45, 7) is 12.1. The van der Waals surface area contributed by atoms with Gasteiger partial charge in [0.05, 0.1) is 19.8 Å². The summed E-state index contributed by atoms with van der Waals surface area (Å²) in [5.74, 6) is -6.25. The first kappa shape index (κ1) is 39.8. The van der Waals surface area contributed by atoms with Crippen LogP contribution < -0.4 is 0 Å². The predicted octanol–water partition coefficient (Wildman–Crippen LogP) is 6.32. The lowest BCUT2D eigenvalue weighted by atomic mass is 9.44. The molecule has 0 saturated heterocycles. The van der Waals surface area contributed by atoms with Crippen LogP contribution in [0.4, 0.5) is 0 Å². The number of hydrogen-bond donors (Lipinski definition) is 4. The summed E-state index contributed by atoms with van der Waals surface area (Å²) in [5, 5.41) is 47.7. The molecule has 0 radical (unpaired) electrons. The van der Waals surface area contributed by atoms with Crippen LogP contribution >= 0.6 is 0 Å². The van der Waals surface area contributed by atoms with Gasteiger partial charge in [0, 0.05) is 35.2 Å². The van der Waals surface area contributed by atoms with Gasteiger partial charge in [-0.1, -0.05) is 47.6 Å². The highest BCUT2D eigenvalue weighted by atomic mass is 16.5. The molecular formula is C40H54O11. The Bertz CT molecular complexity index is 1680. The number of fused-ring (bicyclic) bond motifs is 3. The number of phenolic OH excluding ortho intramolecular Hbond substituents is 1. The van der Waals surface area contributed by atoms with Gasteiger partial charge in [-0.15, -0.1) is 0 Å². The van der Waals surface area contributed by atoms with Crippen LogP contribution in [0.15, 0.2) is 28.7 Å². The number of aromatic hydroxyl groups is 1. The summed E-state index contributed by atoms with van der Waals surface area (Å²) < 4.78 is 9.59. The van der Waals surface area contributed by atoms with Gasteiger partial charge in [-0.2, -0.15) is 0 Å². The Labute approximate surface area is 300 Å². The molecule has 1 aromatic rings. The molecule has 4 N–H and O–H groups in total. The van der Waals surface area contributed by atoms with Crippen LogP contribution in [-0.4, -0.2) is 69.5 Å². The molecule has 0 aliphatic heterocycles. The van der Waals surface area contributed by atoms with Gasteiger partial charge >= 0.3 is 11.9 Å². The molecule has 11 nitrogen and oxygen atoms in total. The van der Waals surface area contributed by atoms with Crippen LogP contribution in [0, 0.1) is 28.6 Å². The molecular weight excluding hydrogens is 656 g/mol. The number of phenols is 1. The lowest BCUT2D eigenvalue weighted by molar-refractivity contribution is -0.171. The lowest BCUT2D eigenvalue weighted by Gasteiger charge is -2.59. The topological polar surface area (TPSA) is 185 Å². The maximum atomic E-state index is 14.8. The van der Waals surface area contributed by atoms with E-state index in [0.29, 0.717) is 43.2 Å². The SMILES string of the molecule is COC(=O)CCCC(CCCC(=O)OC)Cc1cc(C(C)C)c2c(c1O)C(=O)C1=C(O)[C@@]3(O)C(=O)C(C(C)=O)=C(O)C(C(C)C)[C@@]3(C)C[C@@]1(C)C2. The van der Waals surface area contributed by atoms with Crippen LogP contribution in [0.2, 0.25) is 0 Å². The molecule has 0 amide bonds. The lowest BCUT2D eigenvalue weighted by Crippen LogP contribution is -2.67. The highest BCUT2D eigenvalue weighted by molar-refractivity contribution is 6.25. The Morgan fingerprint density at radius 1 is 0.941 bits per heavy atom. The van der Waals surface area contributed by atoms with E-state index in [1.165, 1.54) is 14.2 Å². The van der Waals surface area contributed by atoms with Crippen molar-refractivity contribution in [2.24, 2.45) is 28.6 Å². The molecule has 51 heavy (non-hydrogen) atoms. The minimum atomic E-state index is -2.68. The molecule has 1 aromatic carbocycles. The van der Waals surface area contributed by atoms with Crippen LogP contribution in [0.25, 0.3) is 0 Å². The number of rotatable bonds is 13. The van der Waals surface area contributed by atoms with Crippen LogP contribution in [0.3, 0.4) is 0 Å². The fourth-order valence-electron chi connectivity index (χ4n) is 9.49. The van der Waals surface area contributed by atoms with Gasteiger partial charge in [0.25, 0.3) is 0 Å².